The van der Waals surface area contributed by atoms with Gasteiger partial charge in [-0.15, -0.1) is 0 Å². The molecule has 1 heteroatoms. The zero-order valence-corrected chi connectivity index (χ0v) is 11.3. The molecule has 0 aliphatic carbocycles. The highest BCUT2D eigenvalue weighted by Crippen LogP contribution is 2.24. The fourth-order valence-electron chi connectivity index (χ4n) is 2.16. The molecule has 2 rings (SSSR count). The lowest BCUT2D eigenvalue weighted by Crippen LogP contribution is -2.10. The molecule has 2 aromatic carbocycles. The molecule has 99 valence electrons. The Kier molecular flexibility index (Phi) is 5.64. The molecule has 0 amide bonds. The van der Waals surface area contributed by atoms with E-state index in [4.69, 9.17) is 4.74 Å². The summed E-state index contributed by atoms with van der Waals surface area (Å²) in [7, 11) is 0. The van der Waals surface area contributed by atoms with Crippen LogP contribution in [-0.2, 0) is 4.74 Å². The van der Waals surface area contributed by atoms with Crippen LogP contribution in [0.3, 0.4) is 0 Å². The Labute approximate surface area is 116 Å². The van der Waals surface area contributed by atoms with Crippen molar-refractivity contribution in [1.29, 1.82) is 0 Å². The van der Waals surface area contributed by atoms with E-state index in [1.807, 2.05) is 0 Å². The molecule has 0 aromatic heterocycles. The normalized spacial score (nSPS) is 10.8. The standard InChI is InChI=1S/C18H21O/c1-2-3-14-19-15-18(16-10-6-4-7-11-16)17-12-8-5-9-13-17/h4-13,18H,1-3,14-15H2. The van der Waals surface area contributed by atoms with Gasteiger partial charge in [0.2, 0.25) is 0 Å². The van der Waals surface area contributed by atoms with Gasteiger partial charge < -0.3 is 4.74 Å². The summed E-state index contributed by atoms with van der Waals surface area (Å²) in [5.41, 5.74) is 2.62. The van der Waals surface area contributed by atoms with E-state index in [1.54, 1.807) is 0 Å². The molecule has 0 aliphatic heterocycles. The van der Waals surface area contributed by atoms with Gasteiger partial charge in [0, 0.05) is 12.5 Å². The predicted octanol–water partition coefficient (Wildman–Crippen LogP) is 4.45. The molecule has 0 bridgehead atoms. The number of hydrogen-bond donors (Lipinski definition) is 0. The van der Waals surface area contributed by atoms with Crippen molar-refractivity contribution in [3.8, 4) is 0 Å². The Morgan fingerprint density at radius 2 is 1.37 bits per heavy atom. The summed E-state index contributed by atoms with van der Waals surface area (Å²) in [5, 5.41) is 0. The minimum absolute atomic E-state index is 0.312. The van der Waals surface area contributed by atoms with Crippen LogP contribution in [0.1, 0.15) is 29.9 Å². The van der Waals surface area contributed by atoms with Crippen LogP contribution in [0.15, 0.2) is 60.7 Å². The van der Waals surface area contributed by atoms with Gasteiger partial charge in [-0.05, 0) is 17.5 Å². The van der Waals surface area contributed by atoms with Crippen LogP contribution >= 0.6 is 0 Å². The average molecular weight is 253 g/mol. The van der Waals surface area contributed by atoms with Crippen LogP contribution in [0.4, 0.5) is 0 Å². The molecule has 0 aliphatic rings. The van der Waals surface area contributed by atoms with Crippen molar-refractivity contribution in [2.75, 3.05) is 13.2 Å². The number of ether oxygens (including phenoxy) is 1. The molecule has 0 saturated carbocycles. The summed E-state index contributed by atoms with van der Waals surface area (Å²) in [6, 6.07) is 21.1. The second kappa shape index (κ2) is 7.75. The third-order valence-electron chi connectivity index (χ3n) is 3.23. The Balaban J connectivity index is 2.10. The smallest absolute Gasteiger partial charge is 0.0575 e. The fourth-order valence-corrected chi connectivity index (χ4v) is 2.16. The number of hydrogen-bond acceptors (Lipinski definition) is 1. The van der Waals surface area contributed by atoms with Gasteiger partial charge in [-0.25, -0.2) is 0 Å². The van der Waals surface area contributed by atoms with E-state index >= 15 is 0 Å². The van der Waals surface area contributed by atoms with Gasteiger partial charge in [0.1, 0.15) is 0 Å². The topological polar surface area (TPSA) is 9.23 Å². The first-order chi connectivity index (χ1) is 9.42. The number of rotatable bonds is 7. The third kappa shape index (κ3) is 4.22. The Bertz CT molecular complexity index is 410. The van der Waals surface area contributed by atoms with E-state index in [-0.39, 0.29) is 0 Å². The summed E-state index contributed by atoms with van der Waals surface area (Å²) in [6.07, 6.45) is 1.96. The molecule has 0 fully saturated rings. The first-order valence-corrected chi connectivity index (χ1v) is 6.88. The summed E-state index contributed by atoms with van der Waals surface area (Å²) < 4.78 is 5.81. The van der Waals surface area contributed by atoms with Gasteiger partial charge in [-0.1, -0.05) is 74.0 Å². The molecule has 19 heavy (non-hydrogen) atoms. The number of unbranched alkanes of at least 4 members (excludes halogenated alkanes) is 1. The van der Waals surface area contributed by atoms with Gasteiger partial charge in [0.05, 0.1) is 6.61 Å². The van der Waals surface area contributed by atoms with Crippen molar-refractivity contribution in [3.05, 3.63) is 78.7 Å². The van der Waals surface area contributed by atoms with Crippen molar-refractivity contribution in [2.45, 2.75) is 18.8 Å². The zero-order chi connectivity index (χ0) is 13.3. The molecular formula is C18H21O. The fraction of sp³-hybridized carbons (Fsp3) is 0.278. The molecule has 0 saturated heterocycles. The molecule has 1 radical (unpaired) electrons. The summed E-state index contributed by atoms with van der Waals surface area (Å²) in [4.78, 5) is 0. The molecule has 0 heterocycles. The van der Waals surface area contributed by atoms with Crippen molar-refractivity contribution in [1.82, 2.24) is 0 Å². The van der Waals surface area contributed by atoms with Gasteiger partial charge in [0.15, 0.2) is 0 Å². The SMILES string of the molecule is [CH2]CCCOCC(c1ccccc1)c1ccccc1. The Hall–Kier alpha value is -1.60. The highest BCUT2D eigenvalue weighted by atomic mass is 16.5. The van der Waals surface area contributed by atoms with Gasteiger partial charge in [0.25, 0.3) is 0 Å². The third-order valence-corrected chi connectivity index (χ3v) is 3.23. The van der Waals surface area contributed by atoms with Crippen LogP contribution in [0.25, 0.3) is 0 Å². The lowest BCUT2D eigenvalue weighted by Gasteiger charge is -2.18. The van der Waals surface area contributed by atoms with Crippen LogP contribution in [0.2, 0.25) is 0 Å². The van der Waals surface area contributed by atoms with Crippen LogP contribution in [-0.4, -0.2) is 13.2 Å². The van der Waals surface area contributed by atoms with E-state index in [0.717, 1.165) is 26.1 Å². The molecule has 0 atom stereocenters. The highest BCUT2D eigenvalue weighted by molar-refractivity contribution is 5.32. The van der Waals surface area contributed by atoms with Crippen molar-refractivity contribution >= 4 is 0 Å². The van der Waals surface area contributed by atoms with E-state index < -0.39 is 0 Å². The monoisotopic (exact) mass is 253 g/mol. The minimum Gasteiger partial charge on any atom is -0.380 e. The average Bonchev–Trinajstić information content (AvgIpc) is 2.49. The molecule has 1 nitrogen and oxygen atoms in total. The van der Waals surface area contributed by atoms with Crippen molar-refractivity contribution in [3.63, 3.8) is 0 Å². The second-order valence-corrected chi connectivity index (χ2v) is 4.66. The molecule has 2 aromatic rings. The second-order valence-electron chi connectivity index (χ2n) is 4.66. The maximum atomic E-state index is 5.81. The van der Waals surface area contributed by atoms with Gasteiger partial charge >= 0.3 is 0 Å². The summed E-state index contributed by atoms with van der Waals surface area (Å²) in [6.45, 7) is 5.36. The lowest BCUT2D eigenvalue weighted by atomic mass is 9.92. The van der Waals surface area contributed by atoms with Crippen LogP contribution in [0, 0.1) is 6.92 Å². The minimum atomic E-state index is 0.312. The highest BCUT2D eigenvalue weighted by Gasteiger charge is 2.13. The maximum Gasteiger partial charge on any atom is 0.0575 e. The van der Waals surface area contributed by atoms with Crippen molar-refractivity contribution in [2.24, 2.45) is 0 Å². The Morgan fingerprint density at radius 1 is 0.842 bits per heavy atom. The predicted molar refractivity (Wildman–Crippen MR) is 80.1 cm³/mol. The van der Waals surface area contributed by atoms with Crippen LogP contribution in [0.5, 0.6) is 0 Å². The summed E-state index contributed by atoms with van der Waals surface area (Å²) in [5.74, 6) is 0.312. The van der Waals surface area contributed by atoms with E-state index in [1.165, 1.54) is 11.1 Å². The first-order valence-electron chi connectivity index (χ1n) is 6.88. The molecule has 0 unspecified atom stereocenters. The van der Waals surface area contributed by atoms with E-state index in [2.05, 4.69) is 67.6 Å². The summed E-state index contributed by atoms with van der Waals surface area (Å²) >= 11 is 0. The van der Waals surface area contributed by atoms with Crippen LogP contribution < -0.4 is 0 Å². The largest absolute Gasteiger partial charge is 0.380 e. The molecule has 0 N–H and O–H groups in total. The molecule has 0 spiro atoms. The Morgan fingerprint density at radius 3 is 1.84 bits per heavy atom. The maximum absolute atomic E-state index is 5.81. The zero-order valence-electron chi connectivity index (χ0n) is 11.3. The van der Waals surface area contributed by atoms with Gasteiger partial charge in [-0.2, -0.15) is 0 Å². The van der Waals surface area contributed by atoms with Gasteiger partial charge in [-0.3, -0.25) is 0 Å². The van der Waals surface area contributed by atoms with Crippen molar-refractivity contribution < 1.29 is 4.74 Å². The lowest BCUT2D eigenvalue weighted by molar-refractivity contribution is 0.125. The van der Waals surface area contributed by atoms with E-state index in [0.29, 0.717) is 5.92 Å². The molecular weight excluding hydrogens is 232 g/mol. The quantitative estimate of drug-likeness (QED) is 0.662. The van der Waals surface area contributed by atoms with E-state index in [9.17, 15) is 0 Å². The first kappa shape index (κ1) is 13.8. The number of benzene rings is 2.